The highest BCUT2D eigenvalue weighted by Crippen LogP contribution is 2.32. The molecule has 2 atom stereocenters. The van der Waals surface area contributed by atoms with Gasteiger partial charge in [0.25, 0.3) is 0 Å². The van der Waals surface area contributed by atoms with Crippen molar-refractivity contribution in [1.29, 1.82) is 0 Å². The molecule has 0 aliphatic heterocycles. The second kappa shape index (κ2) is 6.75. The molecule has 1 aliphatic rings. The van der Waals surface area contributed by atoms with E-state index in [4.69, 9.17) is 11.6 Å². The Kier molecular flexibility index (Phi) is 5.25. The third-order valence-electron chi connectivity index (χ3n) is 4.61. The predicted molar refractivity (Wildman–Crippen MR) is 82.1 cm³/mol. The van der Waals surface area contributed by atoms with E-state index in [9.17, 15) is 4.79 Å². The Balaban J connectivity index is 2.08. The van der Waals surface area contributed by atoms with Crippen LogP contribution in [-0.4, -0.2) is 15.6 Å². The summed E-state index contributed by atoms with van der Waals surface area (Å²) in [5.74, 6) is 1.30. The van der Waals surface area contributed by atoms with Gasteiger partial charge in [-0.2, -0.15) is 5.10 Å². The molecule has 1 saturated carbocycles. The molecule has 2 unspecified atom stereocenters. The van der Waals surface area contributed by atoms with E-state index >= 15 is 0 Å². The third-order valence-corrected chi connectivity index (χ3v) is 5.10. The minimum absolute atomic E-state index is 0.227. The SMILES string of the molecule is CCC1CCCC(C(=O)Cc2c(Cl)c(C)nn2CC)C1. The number of halogens is 1. The minimum Gasteiger partial charge on any atom is -0.299 e. The monoisotopic (exact) mass is 296 g/mol. The summed E-state index contributed by atoms with van der Waals surface area (Å²) in [6, 6.07) is 0. The van der Waals surface area contributed by atoms with Crippen LogP contribution in [0.25, 0.3) is 0 Å². The fourth-order valence-corrected chi connectivity index (χ4v) is 3.50. The normalized spacial score (nSPS) is 23.0. The summed E-state index contributed by atoms with van der Waals surface area (Å²) in [4.78, 5) is 12.6. The number of hydrogen-bond acceptors (Lipinski definition) is 2. The Morgan fingerprint density at radius 1 is 1.40 bits per heavy atom. The molecule has 20 heavy (non-hydrogen) atoms. The van der Waals surface area contributed by atoms with Crippen molar-refractivity contribution < 1.29 is 4.79 Å². The van der Waals surface area contributed by atoms with E-state index < -0.39 is 0 Å². The summed E-state index contributed by atoms with van der Waals surface area (Å²) >= 11 is 6.30. The molecule has 0 radical (unpaired) electrons. The lowest BCUT2D eigenvalue weighted by Gasteiger charge is -2.27. The minimum atomic E-state index is 0.227. The molecule has 1 heterocycles. The molecule has 1 aromatic heterocycles. The van der Waals surface area contributed by atoms with Crippen molar-refractivity contribution in [2.24, 2.45) is 11.8 Å². The molecule has 0 aromatic carbocycles. The maximum Gasteiger partial charge on any atom is 0.141 e. The Morgan fingerprint density at radius 2 is 2.15 bits per heavy atom. The molecule has 1 fully saturated rings. The van der Waals surface area contributed by atoms with Gasteiger partial charge in [0.05, 0.1) is 22.8 Å². The molecule has 2 rings (SSSR count). The second-order valence-corrected chi connectivity index (χ2v) is 6.32. The van der Waals surface area contributed by atoms with Gasteiger partial charge in [-0.1, -0.05) is 37.8 Å². The van der Waals surface area contributed by atoms with Crippen molar-refractivity contribution in [3.05, 3.63) is 16.4 Å². The van der Waals surface area contributed by atoms with Gasteiger partial charge in [-0.3, -0.25) is 9.48 Å². The maximum absolute atomic E-state index is 12.6. The Hall–Kier alpha value is -0.830. The van der Waals surface area contributed by atoms with Gasteiger partial charge >= 0.3 is 0 Å². The highest BCUT2D eigenvalue weighted by molar-refractivity contribution is 6.32. The van der Waals surface area contributed by atoms with Crippen LogP contribution < -0.4 is 0 Å². The lowest BCUT2D eigenvalue weighted by molar-refractivity contribution is -0.123. The zero-order valence-electron chi connectivity index (χ0n) is 12.8. The maximum atomic E-state index is 12.6. The average molecular weight is 297 g/mol. The first-order chi connectivity index (χ1) is 9.56. The lowest BCUT2D eigenvalue weighted by atomic mass is 9.77. The molecule has 4 heteroatoms. The van der Waals surface area contributed by atoms with E-state index in [-0.39, 0.29) is 5.92 Å². The van der Waals surface area contributed by atoms with Gasteiger partial charge in [-0.25, -0.2) is 0 Å². The summed E-state index contributed by atoms with van der Waals surface area (Å²) in [5, 5.41) is 5.06. The van der Waals surface area contributed by atoms with Crippen molar-refractivity contribution in [1.82, 2.24) is 9.78 Å². The summed E-state index contributed by atoms with van der Waals surface area (Å²) in [5.41, 5.74) is 1.72. The van der Waals surface area contributed by atoms with Crippen molar-refractivity contribution in [2.45, 2.75) is 65.8 Å². The van der Waals surface area contributed by atoms with E-state index in [2.05, 4.69) is 12.0 Å². The van der Waals surface area contributed by atoms with E-state index in [1.165, 1.54) is 19.3 Å². The number of nitrogens with zero attached hydrogens (tertiary/aromatic N) is 2. The van der Waals surface area contributed by atoms with Crippen molar-refractivity contribution >= 4 is 17.4 Å². The zero-order chi connectivity index (χ0) is 14.7. The molecule has 0 saturated heterocycles. The largest absolute Gasteiger partial charge is 0.299 e. The van der Waals surface area contributed by atoms with Gasteiger partial charge in [-0.05, 0) is 32.6 Å². The molecule has 0 N–H and O–H groups in total. The van der Waals surface area contributed by atoms with Crippen LogP contribution in [0.15, 0.2) is 0 Å². The number of carbonyl (C=O) groups excluding carboxylic acids is 1. The molecule has 1 aromatic rings. The van der Waals surface area contributed by atoms with Crippen molar-refractivity contribution in [2.75, 3.05) is 0 Å². The summed E-state index contributed by atoms with van der Waals surface area (Å²) in [7, 11) is 0. The van der Waals surface area contributed by atoms with Crippen LogP contribution in [0.4, 0.5) is 0 Å². The second-order valence-electron chi connectivity index (χ2n) is 5.94. The predicted octanol–water partition coefficient (Wildman–Crippen LogP) is 4.19. The molecule has 112 valence electrons. The van der Waals surface area contributed by atoms with Crippen LogP contribution in [-0.2, 0) is 17.8 Å². The molecular formula is C16H25ClN2O. The quantitative estimate of drug-likeness (QED) is 0.816. The van der Waals surface area contributed by atoms with Crippen LogP contribution in [0.3, 0.4) is 0 Å². The summed E-state index contributed by atoms with van der Waals surface area (Å²) < 4.78 is 1.87. The molecule has 0 bridgehead atoms. The fourth-order valence-electron chi connectivity index (χ4n) is 3.30. The Labute approximate surface area is 126 Å². The van der Waals surface area contributed by atoms with Crippen molar-refractivity contribution in [3.8, 4) is 0 Å². The number of aryl methyl sites for hydroxylation is 2. The van der Waals surface area contributed by atoms with Gasteiger partial charge in [0.1, 0.15) is 5.78 Å². The zero-order valence-corrected chi connectivity index (χ0v) is 13.5. The van der Waals surface area contributed by atoms with Gasteiger partial charge < -0.3 is 0 Å². The van der Waals surface area contributed by atoms with E-state index in [0.29, 0.717) is 17.2 Å². The van der Waals surface area contributed by atoms with E-state index in [1.54, 1.807) is 0 Å². The third kappa shape index (κ3) is 3.25. The summed E-state index contributed by atoms with van der Waals surface area (Å²) in [6.45, 7) is 6.92. The first-order valence-electron chi connectivity index (χ1n) is 7.81. The van der Waals surface area contributed by atoms with Crippen LogP contribution in [0.1, 0.15) is 57.3 Å². The number of Topliss-reactive ketones (excluding diaryl/α,β-unsaturated/α-hetero) is 1. The molecule has 1 aliphatic carbocycles. The number of aromatic nitrogens is 2. The van der Waals surface area contributed by atoms with Gasteiger partial charge in [0.15, 0.2) is 0 Å². The van der Waals surface area contributed by atoms with Gasteiger partial charge in [0.2, 0.25) is 0 Å². The van der Waals surface area contributed by atoms with Crippen LogP contribution in [0, 0.1) is 18.8 Å². The van der Waals surface area contributed by atoms with Gasteiger partial charge in [0, 0.05) is 12.5 Å². The average Bonchev–Trinajstić information content (AvgIpc) is 2.75. The molecule has 0 amide bonds. The molecule has 0 spiro atoms. The fraction of sp³-hybridized carbons (Fsp3) is 0.750. The van der Waals surface area contributed by atoms with Crippen LogP contribution in [0.5, 0.6) is 0 Å². The number of ketones is 1. The first kappa shape index (κ1) is 15.6. The first-order valence-corrected chi connectivity index (χ1v) is 8.19. The molecular weight excluding hydrogens is 272 g/mol. The number of rotatable bonds is 5. The van der Waals surface area contributed by atoms with E-state index in [1.807, 2.05) is 18.5 Å². The highest BCUT2D eigenvalue weighted by atomic mass is 35.5. The smallest absolute Gasteiger partial charge is 0.141 e. The number of hydrogen-bond donors (Lipinski definition) is 0. The van der Waals surface area contributed by atoms with Gasteiger partial charge in [-0.15, -0.1) is 0 Å². The van der Waals surface area contributed by atoms with E-state index in [0.717, 1.165) is 36.7 Å². The summed E-state index contributed by atoms with van der Waals surface area (Å²) in [6.07, 6.45) is 6.21. The van der Waals surface area contributed by atoms with Crippen molar-refractivity contribution in [3.63, 3.8) is 0 Å². The standard InChI is InChI=1S/C16H25ClN2O/c1-4-12-7-6-8-13(9-12)15(20)10-14-16(17)11(3)18-19(14)5-2/h12-13H,4-10H2,1-3H3. The van der Waals surface area contributed by atoms with Crippen LogP contribution in [0.2, 0.25) is 5.02 Å². The Morgan fingerprint density at radius 3 is 2.80 bits per heavy atom. The topological polar surface area (TPSA) is 34.9 Å². The lowest BCUT2D eigenvalue weighted by Crippen LogP contribution is -2.25. The molecule has 3 nitrogen and oxygen atoms in total. The van der Waals surface area contributed by atoms with Crippen LogP contribution >= 0.6 is 11.6 Å². The Bertz CT molecular complexity index is 481. The number of carbonyl (C=O) groups is 1. The highest BCUT2D eigenvalue weighted by Gasteiger charge is 2.27.